The van der Waals surface area contributed by atoms with E-state index in [0.29, 0.717) is 30.3 Å². The second-order valence-corrected chi connectivity index (χ2v) is 7.85. The zero-order valence-electron chi connectivity index (χ0n) is 16.8. The first-order valence-electron chi connectivity index (χ1n) is 9.18. The maximum absolute atomic E-state index is 13.0. The Morgan fingerprint density at radius 2 is 1.81 bits per heavy atom. The van der Waals surface area contributed by atoms with Crippen LogP contribution in [0.1, 0.15) is 39.7 Å². The van der Waals surface area contributed by atoms with Crippen LogP contribution < -0.4 is 15.5 Å². The number of nitrogens with one attached hydrogen (secondary N) is 2. The Bertz CT molecular complexity index is 769. The molecule has 2 rings (SSSR count). The Kier molecular flexibility index (Phi) is 6.77. The molecule has 0 atom stereocenters. The molecule has 1 heterocycles. The van der Waals surface area contributed by atoms with Crippen LogP contribution in [0.5, 0.6) is 0 Å². The van der Waals surface area contributed by atoms with Gasteiger partial charge in [-0.25, -0.2) is 9.37 Å². The van der Waals surface area contributed by atoms with Gasteiger partial charge < -0.3 is 15.5 Å². The Balaban J connectivity index is 2.14. The van der Waals surface area contributed by atoms with Gasteiger partial charge in [-0.3, -0.25) is 4.79 Å². The van der Waals surface area contributed by atoms with Gasteiger partial charge in [-0.05, 0) is 42.2 Å². The highest BCUT2D eigenvalue weighted by Gasteiger charge is 2.18. The summed E-state index contributed by atoms with van der Waals surface area (Å²) in [5.74, 6) is 1.13. The van der Waals surface area contributed by atoms with Gasteiger partial charge in [-0.15, -0.1) is 0 Å². The van der Waals surface area contributed by atoms with Gasteiger partial charge in [0.2, 0.25) is 5.91 Å². The van der Waals surface area contributed by atoms with Crippen LogP contribution in [0.15, 0.2) is 36.4 Å². The zero-order valence-corrected chi connectivity index (χ0v) is 16.8. The van der Waals surface area contributed by atoms with Gasteiger partial charge in [0.15, 0.2) is 5.82 Å². The number of anilines is 3. The molecule has 0 bridgehead atoms. The first-order chi connectivity index (χ1) is 12.7. The van der Waals surface area contributed by atoms with Crippen LogP contribution in [0.25, 0.3) is 0 Å². The smallest absolute Gasteiger partial charge is 0.224 e. The van der Waals surface area contributed by atoms with Gasteiger partial charge >= 0.3 is 0 Å². The summed E-state index contributed by atoms with van der Waals surface area (Å²) in [4.78, 5) is 18.9. The van der Waals surface area contributed by atoms with Gasteiger partial charge in [0.25, 0.3) is 0 Å². The fraction of sp³-hybridized carbons (Fsp3) is 0.429. The van der Waals surface area contributed by atoms with Crippen molar-refractivity contribution in [2.24, 2.45) is 5.41 Å². The van der Waals surface area contributed by atoms with Crippen molar-refractivity contribution >= 4 is 23.2 Å². The number of nitrogens with zero attached hydrogens (tertiary/aromatic N) is 2. The summed E-state index contributed by atoms with van der Waals surface area (Å²) < 4.78 is 13.0. The van der Waals surface area contributed by atoms with E-state index < -0.39 is 0 Å². The molecule has 0 spiro atoms. The molecule has 0 unspecified atom stereocenters. The van der Waals surface area contributed by atoms with Crippen LogP contribution in [-0.4, -0.2) is 24.5 Å². The van der Waals surface area contributed by atoms with Crippen molar-refractivity contribution in [2.45, 2.75) is 40.7 Å². The van der Waals surface area contributed by atoms with E-state index in [4.69, 9.17) is 0 Å². The van der Waals surface area contributed by atoms with E-state index in [0.717, 1.165) is 12.1 Å². The van der Waals surface area contributed by atoms with Crippen LogP contribution in [0.3, 0.4) is 0 Å². The molecule has 0 aliphatic carbocycles. The van der Waals surface area contributed by atoms with Crippen LogP contribution >= 0.6 is 0 Å². The lowest BCUT2D eigenvalue weighted by atomic mass is 9.92. The lowest BCUT2D eigenvalue weighted by Gasteiger charge is -2.22. The number of benzene rings is 1. The van der Waals surface area contributed by atoms with Gasteiger partial charge in [0.1, 0.15) is 11.6 Å². The molecule has 5 nitrogen and oxygen atoms in total. The lowest BCUT2D eigenvalue weighted by Crippen LogP contribution is -2.24. The average Bonchev–Trinajstić information content (AvgIpc) is 2.60. The van der Waals surface area contributed by atoms with E-state index >= 15 is 0 Å². The van der Waals surface area contributed by atoms with E-state index in [2.05, 4.69) is 15.6 Å². The average molecular weight is 372 g/mol. The molecule has 1 aromatic carbocycles. The third-order valence-electron chi connectivity index (χ3n) is 4.06. The molecule has 146 valence electrons. The van der Waals surface area contributed by atoms with Crippen molar-refractivity contribution < 1.29 is 9.18 Å². The molecule has 2 N–H and O–H groups in total. The summed E-state index contributed by atoms with van der Waals surface area (Å²) >= 11 is 0. The third-order valence-corrected chi connectivity index (χ3v) is 4.06. The highest BCUT2D eigenvalue weighted by molar-refractivity contribution is 5.94. The summed E-state index contributed by atoms with van der Waals surface area (Å²) in [5, 5.41) is 6.22. The van der Waals surface area contributed by atoms with Crippen LogP contribution in [0.4, 0.5) is 21.7 Å². The molecule has 27 heavy (non-hydrogen) atoms. The van der Waals surface area contributed by atoms with Crippen molar-refractivity contribution in [1.29, 1.82) is 0 Å². The molecule has 0 fully saturated rings. The number of hydrogen-bond acceptors (Lipinski definition) is 4. The van der Waals surface area contributed by atoms with E-state index in [9.17, 15) is 9.18 Å². The van der Waals surface area contributed by atoms with Crippen LogP contribution in [0, 0.1) is 11.2 Å². The quantitative estimate of drug-likeness (QED) is 0.742. The van der Waals surface area contributed by atoms with Gasteiger partial charge in [-0.2, -0.15) is 0 Å². The predicted molar refractivity (Wildman–Crippen MR) is 110 cm³/mol. The Labute approximate surface area is 161 Å². The number of carbonyl (C=O) groups excluding carboxylic acids is 1. The zero-order chi connectivity index (χ0) is 20.0. The minimum Gasteiger partial charge on any atom is -0.366 e. The van der Waals surface area contributed by atoms with Crippen molar-refractivity contribution in [3.63, 3.8) is 0 Å². The van der Waals surface area contributed by atoms with E-state index in [1.165, 1.54) is 12.1 Å². The molecular formula is C21H29FN4O. The van der Waals surface area contributed by atoms with Gasteiger partial charge in [0.05, 0.1) is 5.69 Å². The third kappa shape index (κ3) is 6.55. The molecule has 0 saturated carbocycles. The second-order valence-electron chi connectivity index (χ2n) is 7.85. The van der Waals surface area contributed by atoms with Gasteiger partial charge in [0, 0.05) is 26.6 Å². The van der Waals surface area contributed by atoms with E-state index in [1.807, 2.05) is 51.8 Å². The number of carbonyl (C=O) groups is 1. The molecule has 0 aliphatic rings. The summed E-state index contributed by atoms with van der Waals surface area (Å²) in [6.07, 6.45) is 0.437. The minimum atomic E-state index is -0.251. The lowest BCUT2D eigenvalue weighted by molar-refractivity contribution is -0.117. The summed E-state index contributed by atoms with van der Waals surface area (Å²) in [5.41, 5.74) is 1.58. The fourth-order valence-corrected chi connectivity index (χ4v) is 2.56. The number of rotatable bonds is 7. The Morgan fingerprint density at radius 3 is 2.41 bits per heavy atom. The monoisotopic (exact) mass is 372 g/mol. The number of amides is 1. The fourth-order valence-electron chi connectivity index (χ4n) is 2.56. The summed E-state index contributed by atoms with van der Waals surface area (Å²) in [7, 11) is 1.94. The molecule has 1 aromatic heterocycles. The first kappa shape index (κ1) is 20.7. The molecular weight excluding hydrogens is 343 g/mol. The molecule has 0 radical (unpaired) electrons. The topological polar surface area (TPSA) is 57.3 Å². The Morgan fingerprint density at radius 1 is 1.15 bits per heavy atom. The van der Waals surface area contributed by atoms with Crippen molar-refractivity contribution in [3.8, 4) is 0 Å². The normalized spacial score (nSPS) is 11.2. The number of halogens is 1. The molecule has 0 saturated heterocycles. The van der Waals surface area contributed by atoms with Crippen molar-refractivity contribution in [2.75, 3.05) is 29.1 Å². The predicted octanol–water partition coefficient (Wildman–Crippen LogP) is 4.66. The molecule has 0 aliphatic heterocycles. The highest BCUT2D eigenvalue weighted by atomic mass is 19.1. The Hall–Kier alpha value is -2.63. The maximum atomic E-state index is 13.0. The van der Waals surface area contributed by atoms with E-state index in [-0.39, 0.29) is 17.1 Å². The van der Waals surface area contributed by atoms with Crippen molar-refractivity contribution in [1.82, 2.24) is 4.98 Å². The number of pyridine rings is 1. The standard InChI is InChI=1S/C21H29FN4O/c1-6-26(5)20-17(24-19(27)13-21(2,3)4)11-12-18(25-20)23-14-15-7-9-16(22)10-8-15/h7-12H,6,13-14H2,1-5H3,(H,23,25)(H,24,27). The van der Waals surface area contributed by atoms with Crippen LogP contribution in [0.2, 0.25) is 0 Å². The molecule has 1 amide bonds. The summed E-state index contributed by atoms with van der Waals surface area (Å²) in [6, 6.07) is 10.1. The first-order valence-corrected chi connectivity index (χ1v) is 9.18. The highest BCUT2D eigenvalue weighted by Crippen LogP contribution is 2.27. The number of hydrogen-bond donors (Lipinski definition) is 2. The SMILES string of the molecule is CCN(C)c1nc(NCc2ccc(F)cc2)ccc1NC(=O)CC(C)(C)C. The number of aromatic nitrogens is 1. The van der Waals surface area contributed by atoms with Crippen LogP contribution in [-0.2, 0) is 11.3 Å². The van der Waals surface area contributed by atoms with E-state index in [1.54, 1.807) is 12.1 Å². The largest absolute Gasteiger partial charge is 0.366 e. The van der Waals surface area contributed by atoms with Crippen molar-refractivity contribution in [3.05, 3.63) is 47.8 Å². The second kappa shape index (κ2) is 8.84. The molecule has 6 heteroatoms. The minimum absolute atomic E-state index is 0.0259. The van der Waals surface area contributed by atoms with Gasteiger partial charge in [-0.1, -0.05) is 32.9 Å². The maximum Gasteiger partial charge on any atom is 0.224 e. The molecule has 2 aromatic rings. The summed E-state index contributed by atoms with van der Waals surface area (Å²) in [6.45, 7) is 9.43.